The topological polar surface area (TPSA) is 22.8 Å². The van der Waals surface area contributed by atoms with E-state index < -0.39 is 12.0 Å². The molecule has 0 saturated heterocycles. The second kappa shape index (κ2) is 4.64. The molecule has 0 aliphatic carbocycles. The molecule has 0 aliphatic rings. The molecule has 0 amide bonds. The highest BCUT2D eigenvalue weighted by Crippen LogP contribution is 2.33. The second-order valence-electron chi connectivity index (χ2n) is 3.97. The molecular formula is C11H9ClF3N3S. The van der Waals surface area contributed by atoms with Crippen LogP contribution < -0.4 is 0 Å². The van der Waals surface area contributed by atoms with Crippen LogP contribution in [0.5, 0.6) is 0 Å². The van der Waals surface area contributed by atoms with Crippen LogP contribution in [-0.4, -0.2) is 14.3 Å². The van der Waals surface area contributed by atoms with Gasteiger partial charge >= 0.3 is 6.18 Å². The number of nitrogens with zero attached hydrogens (tertiary/aromatic N) is 3. The summed E-state index contributed by atoms with van der Waals surface area (Å²) in [5, 5.41) is 3.62. The lowest BCUT2D eigenvalue weighted by atomic mass is 10.2. The Balaban J connectivity index is 2.87. The van der Waals surface area contributed by atoms with E-state index in [0.29, 0.717) is 5.56 Å². The van der Waals surface area contributed by atoms with Crippen molar-refractivity contribution in [3.63, 3.8) is 0 Å². The van der Waals surface area contributed by atoms with E-state index in [0.717, 1.165) is 9.25 Å². The van der Waals surface area contributed by atoms with Gasteiger partial charge in [0.2, 0.25) is 10.6 Å². The molecule has 0 bridgehead atoms. The van der Waals surface area contributed by atoms with Crippen molar-refractivity contribution in [1.82, 2.24) is 14.3 Å². The molecule has 0 atom stereocenters. The molecule has 0 saturated carbocycles. The number of para-hydroxylation sites is 1. The number of aryl methyl sites for hydroxylation is 2. The predicted molar refractivity (Wildman–Crippen MR) is 68.1 cm³/mol. The lowest BCUT2D eigenvalue weighted by molar-refractivity contribution is -0.146. The minimum atomic E-state index is -4.61. The van der Waals surface area contributed by atoms with E-state index in [9.17, 15) is 13.2 Å². The van der Waals surface area contributed by atoms with Gasteiger partial charge in [-0.05, 0) is 30.8 Å². The Labute approximate surface area is 117 Å². The Hall–Kier alpha value is -1.34. The highest BCUT2D eigenvalue weighted by atomic mass is 35.5. The molecule has 8 heteroatoms. The van der Waals surface area contributed by atoms with E-state index in [-0.39, 0.29) is 15.5 Å². The number of halogens is 4. The lowest BCUT2D eigenvalue weighted by Gasteiger charge is -2.13. The van der Waals surface area contributed by atoms with E-state index in [2.05, 4.69) is 5.10 Å². The molecule has 0 fully saturated rings. The van der Waals surface area contributed by atoms with Crippen LogP contribution >= 0.6 is 23.8 Å². The summed E-state index contributed by atoms with van der Waals surface area (Å²) in [5.74, 6) is -1.09. The van der Waals surface area contributed by atoms with Crippen LogP contribution in [-0.2, 0) is 13.2 Å². The Morgan fingerprint density at radius 3 is 2.47 bits per heavy atom. The van der Waals surface area contributed by atoms with E-state index >= 15 is 0 Å². The fourth-order valence-electron chi connectivity index (χ4n) is 1.76. The van der Waals surface area contributed by atoms with Crippen LogP contribution in [0.2, 0.25) is 5.02 Å². The minimum Gasteiger partial charge on any atom is -0.263 e. The molecule has 2 aromatic rings. The van der Waals surface area contributed by atoms with Crippen molar-refractivity contribution < 1.29 is 13.2 Å². The third kappa shape index (κ3) is 2.40. The van der Waals surface area contributed by atoms with Gasteiger partial charge < -0.3 is 0 Å². The minimum absolute atomic E-state index is 0.0662. The maximum atomic E-state index is 13.0. The van der Waals surface area contributed by atoms with Crippen molar-refractivity contribution in [3.05, 3.63) is 39.4 Å². The first-order valence-corrected chi connectivity index (χ1v) is 6.01. The number of hydrogen-bond acceptors (Lipinski definition) is 2. The Kier molecular flexibility index (Phi) is 3.44. The normalized spacial score (nSPS) is 11.9. The van der Waals surface area contributed by atoms with Gasteiger partial charge in [-0.1, -0.05) is 23.7 Å². The highest BCUT2D eigenvalue weighted by molar-refractivity contribution is 7.71. The molecule has 3 nitrogen and oxygen atoms in total. The fraction of sp³-hybridized carbons (Fsp3) is 0.273. The van der Waals surface area contributed by atoms with Crippen LogP contribution in [0.4, 0.5) is 13.2 Å². The molecule has 1 heterocycles. The van der Waals surface area contributed by atoms with Gasteiger partial charge in [0, 0.05) is 7.05 Å². The van der Waals surface area contributed by atoms with E-state index in [1.54, 1.807) is 19.1 Å². The zero-order valence-corrected chi connectivity index (χ0v) is 11.6. The van der Waals surface area contributed by atoms with Gasteiger partial charge in [-0.25, -0.2) is 4.68 Å². The number of aromatic nitrogens is 3. The summed E-state index contributed by atoms with van der Waals surface area (Å²) in [4.78, 5) is 0. The summed E-state index contributed by atoms with van der Waals surface area (Å²) in [7, 11) is 1.36. The maximum Gasteiger partial charge on any atom is 0.452 e. The number of benzene rings is 1. The van der Waals surface area contributed by atoms with Crippen LogP contribution in [0.25, 0.3) is 5.69 Å². The number of hydrogen-bond donors (Lipinski definition) is 0. The van der Waals surface area contributed by atoms with Gasteiger partial charge in [-0.15, -0.1) is 5.10 Å². The second-order valence-corrected chi connectivity index (χ2v) is 4.74. The zero-order valence-electron chi connectivity index (χ0n) is 9.99. The zero-order chi connectivity index (χ0) is 14.4. The standard InChI is InChI=1S/C11H9ClF3N3S/c1-6-4-3-5-7(12)8(6)18-9(11(13,14)15)16-17(2)10(18)19/h3-5H,1-2H3. The molecule has 0 aliphatic heterocycles. The third-order valence-corrected chi connectivity index (χ3v) is 3.34. The maximum absolute atomic E-state index is 13.0. The summed E-state index contributed by atoms with van der Waals surface area (Å²) in [6, 6.07) is 4.84. The molecule has 0 radical (unpaired) electrons. The van der Waals surface area contributed by atoms with Crippen LogP contribution in [0, 0.1) is 11.7 Å². The number of alkyl halides is 3. The Bertz CT molecular complexity index is 667. The summed E-state index contributed by atoms with van der Waals surface area (Å²) < 4.78 is 40.8. The van der Waals surface area contributed by atoms with Gasteiger partial charge in [-0.3, -0.25) is 4.57 Å². The van der Waals surface area contributed by atoms with Gasteiger partial charge in [0.1, 0.15) is 0 Å². The molecule has 1 aromatic heterocycles. The van der Waals surface area contributed by atoms with Crippen LogP contribution in [0.3, 0.4) is 0 Å². The molecular weight excluding hydrogens is 299 g/mol. The van der Waals surface area contributed by atoms with Crippen LogP contribution in [0.15, 0.2) is 18.2 Å². The molecule has 1 aromatic carbocycles. The van der Waals surface area contributed by atoms with E-state index in [1.165, 1.54) is 13.1 Å². The summed E-state index contributed by atoms with van der Waals surface area (Å²) in [6.07, 6.45) is -4.61. The van der Waals surface area contributed by atoms with Crippen molar-refractivity contribution in [2.24, 2.45) is 7.05 Å². The molecule has 102 valence electrons. The highest BCUT2D eigenvalue weighted by Gasteiger charge is 2.39. The number of rotatable bonds is 1. The van der Waals surface area contributed by atoms with E-state index in [4.69, 9.17) is 23.8 Å². The van der Waals surface area contributed by atoms with Gasteiger partial charge in [-0.2, -0.15) is 13.2 Å². The largest absolute Gasteiger partial charge is 0.452 e. The molecule has 0 N–H and O–H groups in total. The monoisotopic (exact) mass is 307 g/mol. The SMILES string of the molecule is Cc1cccc(Cl)c1-n1c(C(F)(F)F)nn(C)c1=S. The molecule has 2 rings (SSSR count). The van der Waals surface area contributed by atoms with Gasteiger partial charge in [0.15, 0.2) is 0 Å². The van der Waals surface area contributed by atoms with Crippen LogP contribution in [0.1, 0.15) is 11.4 Å². The average molecular weight is 308 g/mol. The molecule has 0 spiro atoms. The fourth-order valence-corrected chi connectivity index (χ4v) is 2.28. The van der Waals surface area contributed by atoms with Gasteiger partial charge in [0.05, 0.1) is 10.7 Å². The summed E-state index contributed by atoms with van der Waals surface area (Å²) in [5.41, 5.74) is 0.789. The van der Waals surface area contributed by atoms with Crippen molar-refractivity contribution in [2.75, 3.05) is 0 Å². The smallest absolute Gasteiger partial charge is 0.263 e. The molecule has 0 unspecified atom stereocenters. The third-order valence-electron chi connectivity index (χ3n) is 2.59. The lowest BCUT2D eigenvalue weighted by Crippen LogP contribution is -2.15. The Morgan fingerprint density at radius 1 is 1.32 bits per heavy atom. The van der Waals surface area contributed by atoms with Crippen molar-refractivity contribution >= 4 is 23.8 Å². The first-order chi connectivity index (χ1) is 8.73. The predicted octanol–water partition coefficient (Wildman–Crippen LogP) is 3.92. The van der Waals surface area contributed by atoms with Crippen molar-refractivity contribution in [1.29, 1.82) is 0 Å². The average Bonchev–Trinajstić information content (AvgIpc) is 2.57. The quantitative estimate of drug-likeness (QED) is 0.745. The first kappa shape index (κ1) is 14.1. The molecule has 19 heavy (non-hydrogen) atoms. The van der Waals surface area contributed by atoms with Crippen molar-refractivity contribution in [3.8, 4) is 5.69 Å². The Morgan fingerprint density at radius 2 is 1.95 bits per heavy atom. The van der Waals surface area contributed by atoms with Gasteiger partial charge in [0.25, 0.3) is 0 Å². The first-order valence-electron chi connectivity index (χ1n) is 5.22. The van der Waals surface area contributed by atoms with Crippen molar-refractivity contribution in [2.45, 2.75) is 13.1 Å². The van der Waals surface area contributed by atoms with E-state index in [1.807, 2.05) is 0 Å². The summed E-state index contributed by atoms with van der Waals surface area (Å²) in [6.45, 7) is 1.66. The summed E-state index contributed by atoms with van der Waals surface area (Å²) >= 11 is 11.0.